The van der Waals surface area contributed by atoms with Crippen molar-refractivity contribution in [2.45, 2.75) is 51.9 Å². The first-order valence-corrected chi connectivity index (χ1v) is 5.29. The van der Waals surface area contributed by atoms with Gasteiger partial charge in [0.25, 0.3) is 0 Å². The van der Waals surface area contributed by atoms with E-state index in [1.165, 1.54) is 18.5 Å². The Labute approximate surface area is 79.4 Å². The highest BCUT2D eigenvalue weighted by Crippen LogP contribution is 2.26. The summed E-state index contributed by atoms with van der Waals surface area (Å²) >= 11 is 0. The Balaban J connectivity index is 2.25. The molecular weight excluding hydrogens is 162 g/mol. The summed E-state index contributed by atoms with van der Waals surface area (Å²) in [7, 11) is 0. The maximum absolute atomic E-state index is 5.75. The molecule has 0 amide bonds. The number of aryl methyl sites for hydroxylation is 2. The van der Waals surface area contributed by atoms with Gasteiger partial charge in [0.2, 0.25) is 0 Å². The second-order valence-electron chi connectivity index (χ2n) is 3.94. The summed E-state index contributed by atoms with van der Waals surface area (Å²) in [6.45, 7) is 4.35. The molecule has 0 saturated carbocycles. The number of oxazole rings is 1. The third kappa shape index (κ3) is 1.62. The topological polar surface area (TPSA) is 26.0 Å². The van der Waals surface area contributed by atoms with Crippen LogP contribution in [0.25, 0.3) is 0 Å². The van der Waals surface area contributed by atoms with Gasteiger partial charge in [-0.25, -0.2) is 4.98 Å². The summed E-state index contributed by atoms with van der Waals surface area (Å²) in [4.78, 5) is 4.55. The second kappa shape index (κ2) is 3.52. The van der Waals surface area contributed by atoms with E-state index in [-0.39, 0.29) is 0 Å². The predicted molar refractivity (Wildman–Crippen MR) is 51.9 cm³/mol. The van der Waals surface area contributed by atoms with Gasteiger partial charge >= 0.3 is 0 Å². The molecule has 1 aromatic heterocycles. The van der Waals surface area contributed by atoms with Gasteiger partial charge in [-0.3, -0.25) is 0 Å². The van der Waals surface area contributed by atoms with Gasteiger partial charge in [-0.15, -0.1) is 0 Å². The number of hydrogen-bond acceptors (Lipinski definition) is 2. The Morgan fingerprint density at radius 1 is 1.38 bits per heavy atom. The third-order valence-corrected chi connectivity index (χ3v) is 2.90. The molecular formula is C11H17NO. The molecule has 0 saturated heterocycles. The lowest BCUT2D eigenvalue weighted by Gasteiger charge is -2.05. The SMILES string of the molecule is CCC(C)c1nc2c(o1)CCCC2. The van der Waals surface area contributed by atoms with Crippen LogP contribution < -0.4 is 0 Å². The van der Waals surface area contributed by atoms with Crippen LogP contribution in [0.1, 0.15) is 56.4 Å². The molecule has 1 heterocycles. The predicted octanol–water partition coefficient (Wildman–Crippen LogP) is 3.07. The minimum atomic E-state index is 0.477. The highest BCUT2D eigenvalue weighted by molar-refractivity contribution is 5.14. The molecule has 0 fully saturated rings. The van der Waals surface area contributed by atoms with E-state index in [4.69, 9.17) is 4.42 Å². The maximum atomic E-state index is 5.75. The van der Waals surface area contributed by atoms with Crippen LogP contribution in [-0.4, -0.2) is 4.98 Å². The first-order chi connectivity index (χ1) is 6.31. The highest BCUT2D eigenvalue weighted by atomic mass is 16.4. The van der Waals surface area contributed by atoms with Crippen LogP contribution in [0.3, 0.4) is 0 Å². The van der Waals surface area contributed by atoms with E-state index >= 15 is 0 Å². The molecule has 1 atom stereocenters. The van der Waals surface area contributed by atoms with Crippen LogP contribution in [-0.2, 0) is 12.8 Å². The molecule has 1 aliphatic rings. The standard InChI is InChI=1S/C11H17NO/c1-3-8(2)11-12-9-6-4-5-7-10(9)13-11/h8H,3-7H2,1-2H3. The van der Waals surface area contributed by atoms with Crippen molar-refractivity contribution in [3.8, 4) is 0 Å². The zero-order chi connectivity index (χ0) is 9.26. The van der Waals surface area contributed by atoms with Crippen molar-refractivity contribution in [3.05, 3.63) is 17.3 Å². The van der Waals surface area contributed by atoms with Crippen molar-refractivity contribution in [2.75, 3.05) is 0 Å². The lowest BCUT2D eigenvalue weighted by atomic mass is 10.0. The summed E-state index contributed by atoms with van der Waals surface area (Å²) in [6.07, 6.45) is 5.87. The molecule has 0 radical (unpaired) electrons. The van der Waals surface area contributed by atoms with Crippen molar-refractivity contribution >= 4 is 0 Å². The van der Waals surface area contributed by atoms with E-state index in [0.717, 1.165) is 30.9 Å². The monoisotopic (exact) mass is 179 g/mol. The first kappa shape index (κ1) is 8.79. The van der Waals surface area contributed by atoms with Crippen LogP contribution in [0.5, 0.6) is 0 Å². The summed E-state index contributed by atoms with van der Waals surface area (Å²) < 4.78 is 5.75. The fourth-order valence-corrected chi connectivity index (χ4v) is 1.76. The average molecular weight is 179 g/mol. The molecule has 72 valence electrons. The molecule has 1 aliphatic carbocycles. The van der Waals surface area contributed by atoms with E-state index in [9.17, 15) is 0 Å². The van der Waals surface area contributed by atoms with Crippen LogP contribution in [0.4, 0.5) is 0 Å². The third-order valence-electron chi connectivity index (χ3n) is 2.90. The minimum absolute atomic E-state index is 0.477. The Morgan fingerprint density at radius 2 is 2.15 bits per heavy atom. The molecule has 2 rings (SSSR count). The first-order valence-electron chi connectivity index (χ1n) is 5.29. The van der Waals surface area contributed by atoms with Gasteiger partial charge in [0.05, 0.1) is 5.69 Å². The molecule has 2 heteroatoms. The molecule has 1 aromatic rings. The Morgan fingerprint density at radius 3 is 2.85 bits per heavy atom. The fourth-order valence-electron chi connectivity index (χ4n) is 1.76. The van der Waals surface area contributed by atoms with Gasteiger partial charge in [0.1, 0.15) is 5.76 Å². The van der Waals surface area contributed by atoms with Crippen molar-refractivity contribution in [1.29, 1.82) is 0 Å². The van der Waals surface area contributed by atoms with Gasteiger partial charge in [0.15, 0.2) is 5.89 Å². The van der Waals surface area contributed by atoms with Crippen molar-refractivity contribution in [1.82, 2.24) is 4.98 Å². The molecule has 13 heavy (non-hydrogen) atoms. The molecule has 2 nitrogen and oxygen atoms in total. The molecule has 0 bridgehead atoms. The van der Waals surface area contributed by atoms with Crippen molar-refractivity contribution in [3.63, 3.8) is 0 Å². The Bertz CT molecular complexity index is 267. The van der Waals surface area contributed by atoms with E-state index in [1.807, 2.05) is 0 Å². The average Bonchev–Trinajstić information content (AvgIpc) is 2.59. The van der Waals surface area contributed by atoms with Crippen LogP contribution in [0.2, 0.25) is 0 Å². The second-order valence-corrected chi connectivity index (χ2v) is 3.94. The number of fused-ring (bicyclic) bond motifs is 1. The Hall–Kier alpha value is -0.790. The zero-order valence-corrected chi connectivity index (χ0v) is 8.47. The summed E-state index contributed by atoms with van der Waals surface area (Å²) in [5, 5.41) is 0. The molecule has 1 unspecified atom stereocenters. The zero-order valence-electron chi connectivity index (χ0n) is 8.47. The van der Waals surface area contributed by atoms with Crippen LogP contribution >= 0.6 is 0 Å². The van der Waals surface area contributed by atoms with Gasteiger partial charge in [-0.2, -0.15) is 0 Å². The minimum Gasteiger partial charge on any atom is -0.445 e. The van der Waals surface area contributed by atoms with Gasteiger partial charge < -0.3 is 4.42 Å². The summed E-state index contributed by atoms with van der Waals surface area (Å²) in [5.41, 5.74) is 1.22. The van der Waals surface area contributed by atoms with Crippen molar-refractivity contribution in [2.24, 2.45) is 0 Å². The van der Waals surface area contributed by atoms with Gasteiger partial charge in [0, 0.05) is 12.3 Å². The molecule has 0 N–H and O–H groups in total. The van der Waals surface area contributed by atoms with E-state index in [1.54, 1.807) is 0 Å². The Kier molecular flexibility index (Phi) is 2.38. The van der Waals surface area contributed by atoms with Gasteiger partial charge in [-0.1, -0.05) is 13.8 Å². The fraction of sp³-hybridized carbons (Fsp3) is 0.727. The molecule has 0 aliphatic heterocycles. The summed E-state index contributed by atoms with van der Waals surface area (Å²) in [5.74, 6) is 2.58. The maximum Gasteiger partial charge on any atom is 0.197 e. The van der Waals surface area contributed by atoms with E-state index in [0.29, 0.717) is 5.92 Å². The van der Waals surface area contributed by atoms with E-state index < -0.39 is 0 Å². The smallest absolute Gasteiger partial charge is 0.197 e. The number of hydrogen-bond donors (Lipinski definition) is 0. The quantitative estimate of drug-likeness (QED) is 0.697. The van der Waals surface area contributed by atoms with Crippen LogP contribution in [0.15, 0.2) is 4.42 Å². The van der Waals surface area contributed by atoms with E-state index in [2.05, 4.69) is 18.8 Å². The number of nitrogens with zero attached hydrogens (tertiary/aromatic N) is 1. The molecule has 0 spiro atoms. The van der Waals surface area contributed by atoms with Gasteiger partial charge in [-0.05, 0) is 25.7 Å². The normalized spacial score (nSPS) is 18.3. The lowest BCUT2D eigenvalue weighted by Crippen LogP contribution is -1.99. The largest absolute Gasteiger partial charge is 0.445 e. The molecule has 0 aromatic carbocycles. The number of rotatable bonds is 2. The van der Waals surface area contributed by atoms with Crippen molar-refractivity contribution < 1.29 is 4.42 Å². The number of aromatic nitrogens is 1. The van der Waals surface area contributed by atoms with Crippen LogP contribution in [0, 0.1) is 0 Å². The lowest BCUT2D eigenvalue weighted by molar-refractivity contribution is 0.412. The highest BCUT2D eigenvalue weighted by Gasteiger charge is 2.18. The summed E-state index contributed by atoms with van der Waals surface area (Å²) in [6, 6.07) is 0.